The van der Waals surface area contributed by atoms with Gasteiger partial charge in [0.15, 0.2) is 0 Å². The molecule has 7 nitrogen and oxygen atoms in total. The van der Waals surface area contributed by atoms with E-state index in [1.54, 1.807) is 12.1 Å². The highest BCUT2D eigenvalue weighted by Crippen LogP contribution is 2.23. The summed E-state index contributed by atoms with van der Waals surface area (Å²) in [4.78, 5) is 0.235. The molecular formula is C12H13N3O4S2. The highest BCUT2D eigenvalue weighted by atomic mass is 32.2. The Morgan fingerprint density at radius 1 is 1.10 bits per heavy atom. The first-order valence-electron chi connectivity index (χ1n) is 6.28. The van der Waals surface area contributed by atoms with E-state index in [1.165, 1.54) is 16.4 Å². The second kappa shape index (κ2) is 5.76. The van der Waals surface area contributed by atoms with Crippen LogP contribution in [0.3, 0.4) is 0 Å². The third-order valence-electron chi connectivity index (χ3n) is 3.12. The van der Waals surface area contributed by atoms with E-state index in [9.17, 15) is 8.42 Å². The summed E-state index contributed by atoms with van der Waals surface area (Å²) in [5.41, 5.74) is 0.642. The molecular weight excluding hydrogens is 314 g/mol. The number of nitrogens with zero attached hydrogens (tertiary/aromatic N) is 3. The van der Waals surface area contributed by atoms with Crippen molar-refractivity contribution in [3.05, 3.63) is 24.3 Å². The highest BCUT2D eigenvalue weighted by molar-refractivity contribution is 7.89. The van der Waals surface area contributed by atoms with Gasteiger partial charge in [0.1, 0.15) is 0 Å². The van der Waals surface area contributed by atoms with Gasteiger partial charge in [-0.2, -0.15) is 4.31 Å². The van der Waals surface area contributed by atoms with Crippen molar-refractivity contribution in [2.75, 3.05) is 26.3 Å². The molecule has 1 aliphatic heterocycles. The van der Waals surface area contributed by atoms with Crippen LogP contribution in [0.1, 0.15) is 0 Å². The fraction of sp³-hybridized carbons (Fsp3) is 0.333. The van der Waals surface area contributed by atoms with E-state index in [0.717, 1.165) is 0 Å². The standard InChI is InChI=1S/C12H13N3O4S2/c16-21(17,15-5-7-18-8-6-15)10-3-1-9(2-4-10)11-13-14-12(20)19-11/h1-4H,5-8H2,(H,14,20). The number of rotatable bonds is 3. The van der Waals surface area contributed by atoms with Crippen molar-refractivity contribution in [1.29, 1.82) is 0 Å². The van der Waals surface area contributed by atoms with Gasteiger partial charge in [0, 0.05) is 18.7 Å². The molecule has 3 rings (SSSR count). The number of thiol groups is 1. The van der Waals surface area contributed by atoms with Crippen LogP contribution in [-0.2, 0) is 14.8 Å². The Morgan fingerprint density at radius 2 is 1.76 bits per heavy atom. The minimum absolute atomic E-state index is 0.162. The van der Waals surface area contributed by atoms with Gasteiger partial charge in [-0.05, 0) is 24.3 Å². The molecule has 1 saturated heterocycles. The van der Waals surface area contributed by atoms with Gasteiger partial charge in [-0.25, -0.2) is 8.42 Å². The number of morpholine rings is 1. The number of ether oxygens (including phenoxy) is 1. The lowest BCUT2D eigenvalue weighted by molar-refractivity contribution is 0.0730. The van der Waals surface area contributed by atoms with Gasteiger partial charge >= 0.3 is 0 Å². The van der Waals surface area contributed by atoms with Gasteiger partial charge in [-0.1, -0.05) is 12.6 Å². The van der Waals surface area contributed by atoms with Crippen LogP contribution in [0.4, 0.5) is 0 Å². The molecule has 0 unspecified atom stereocenters. The first-order valence-corrected chi connectivity index (χ1v) is 8.17. The van der Waals surface area contributed by atoms with Crippen molar-refractivity contribution in [3.63, 3.8) is 0 Å². The van der Waals surface area contributed by atoms with Crippen molar-refractivity contribution >= 4 is 22.7 Å². The second-order valence-electron chi connectivity index (χ2n) is 4.43. The summed E-state index contributed by atoms with van der Waals surface area (Å²) in [7, 11) is -3.48. The molecule has 1 aromatic carbocycles. The van der Waals surface area contributed by atoms with E-state index in [1.807, 2.05) is 0 Å². The third kappa shape index (κ3) is 2.95. The molecule has 1 aromatic heterocycles. The molecule has 0 amide bonds. The summed E-state index contributed by atoms with van der Waals surface area (Å²) < 4.78 is 36.7. The Bertz CT molecular complexity index is 721. The van der Waals surface area contributed by atoms with Crippen molar-refractivity contribution in [1.82, 2.24) is 14.5 Å². The maximum absolute atomic E-state index is 12.4. The smallest absolute Gasteiger partial charge is 0.273 e. The lowest BCUT2D eigenvalue weighted by Gasteiger charge is -2.26. The molecule has 21 heavy (non-hydrogen) atoms. The first-order chi connectivity index (χ1) is 10.1. The predicted octanol–water partition coefficient (Wildman–Crippen LogP) is 1.05. The average Bonchev–Trinajstić information content (AvgIpc) is 2.95. The number of benzene rings is 1. The lowest BCUT2D eigenvalue weighted by atomic mass is 10.2. The first kappa shape index (κ1) is 14.5. The summed E-state index contributed by atoms with van der Waals surface area (Å²) in [6, 6.07) is 6.33. The monoisotopic (exact) mass is 327 g/mol. The van der Waals surface area contributed by atoms with Crippen LogP contribution in [0.5, 0.6) is 0 Å². The highest BCUT2D eigenvalue weighted by Gasteiger charge is 2.26. The molecule has 0 aliphatic carbocycles. The average molecular weight is 327 g/mol. The molecule has 0 bridgehead atoms. The van der Waals surface area contributed by atoms with Crippen LogP contribution in [-0.4, -0.2) is 49.2 Å². The molecule has 1 aliphatic rings. The lowest BCUT2D eigenvalue weighted by Crippen LogP contribution is -2.40. The fourth-order valence-corrected chi connectivity index (χ4v) is 3.58. The number of hydrogen-bond donors (Lipinski definition) is 1. The van der Waals surface area contributed by atoms with Crippen molar-refractivity contribution in [2.24, 2.45) is 0 Å². The summed E-state index contributed by atoms with van der Waals surface area (Å²) in [5.74, 6) is 0.301. The van der Waals surface area contributed by atoms with Crippen LogP contribution < -0.4 is 0 Å². The molecule has 2 heterocycles. The summed E-state index contributed by atoms with van der Waals surface area (Å²) in [6.45, 7) is 1.58. The molecule has 0 spiro atoms. The van der Waals surface area contributed by atoms with E-state index in [2.05, 4.69) is 22.8 Å². The van der Waals surface area contributed by atoms with Crippen LogP contribution in [0.2, 0.25) is 0 Å². The van der Waals surface area contributed by atoms with Crippen LogP contribution in [0, 0.1) is 0 Å². The Morgan fingerprint density at radius 3 is 2.33 bits per heavy atom. The van der Waals surface area contributed by atoms with Crippen LogP contribution in [0.15, 0.2) is 38.8 Å². The van der Waals surface area contributed by atoms with Gasteiger partial charge in [0.2, 0.25) is 15.9 Å². The molecule has 9 heteroatoms. The zero-order valence-corrected chi connectivity index (χ0v) is 12.7. The normalized spacial score (nSPS) is 17.0. The quantitative estimate of drug-likeness (QED) is 0.848. The van der Waals surface area contributed by atoms with Crippen molar-refractivity contribution in [2.45, 2.75) is 10.1 Å². The van der Waals surface area contributed by atoms with Gasteiger partial charge in [-0.3, -0.25) is 0 Å². The van der Waals surface area contributed by atoms with Gasteiger partial charge in [0.05, 0.1) is 18.1 Å². The predicted molar refractivity (Wildman–Crippen MR) is 76.6 cm³/mol. The molecule has 1 fully saturated rings. The van der Waals surface area contributed by atoms with E-state index in [4.69, 9.17) is 9.15 Å². The molecule has 0 saturated carbocycles. The number of sulfonamides is 1. The SMILES string of the molecule is O=S(=O)(c1ccc(-c2nnc(S)o2)cc1)N1CCOCC1. The summed E-state index contributed by atoms with van der Waals surface area (Å²) in [5, 5.41) is 7.61. The minimum Gasteiger partial charge on any atom is -0.411 e. The molecule has 112 valence electrons. The number of aromatic nitrogens is 2. The summed E-state index contributed by atoms with van der Waals surface area (Å²) >= 11 is 3.94. The zero-order chi connectivity index (χ0) is 14.9. The maximum Gasteiger partial charge on any atom is 0.273 e. The Kier molecular flexibility index (Phi) is 3.98. The minimum atomic E-state index is -3.48. The molecule has 0 radical (unpaired) electrons. The maximum atomic E-state index is 12.4. The van der Waals surface area contributed by atoms with Gasteiger partial charge in [-0.15, -0.1) is 10.2 Å². The number of hydrogen-bond acceptors (Lipinski definition) is 7. The van der Waals surface area contributed by atoms with Crippen LogP contribution >= 0.6 is 12.6 Å². The Balaban J connectivity index is 1.86. The Hall–Kier alpha value is -1.42. The van der Waals surface area contributed by atoms with Gasteiger partial charge < -0.3 is 9.15 Å². The molecule has 2 aromatic rings. The van der Waals surface area contributed by atoms with Crippen molar-refractivity contribution < 1.29 is 17.6 Å². The third-order valence-corrected chi connectivity index (χ3v) is 5.22. The Labute approximate surface area is 127 Å². The zero-order valence-electron chi connectivity index (χ0n) is 11.0. The topological polar surface area (TPSA) is 85.5 Å². The van der Waals surface area contributed by atoms with Gasteiger partial charge in [0.25, 0.3) is 5.22 Å². The largest absolute Gasteiger partial charge is 0.411 e. The van der Waals surface area contributed by atoms with Crippen molar-refractivity contribution in [3.8, 4) is 11.5 Å². The summed E-state index contributed by atoms with van der Waals surface area (Å²) in [6.07, 6.45) is 0. The van der Waals surface area contributed by atoms with E-state index in [-0.39, 0.29) is 10.1 Å². The second-order valence-corrected chi connectivity index (χ2v) is 6.75. The van der Waals surface area contributed by atoms with E-state index >= 15 is 0 Å². The molecule has 0 N–H and O–H groups in total. The fourth-order valence-electron chi connectivity index (χ4n) is 2.04. The van der Waals surface area contributed by atoms with E-state index in [0.29, 0.717) is 37.8 Å². The molecule has 0 atom stereocenters. The van der Waals surface area contributed by atoms with E-state index < -0.39 is 10.0 Å². The van der Waals surface area contributed by atoms with Crippen LogP contribution in [0.25, 0.3) is 11.5 Å².